The summed E-state index contributed by atoms with van der Waals surface area (Å²) in [5, 5.41) is 0. The average molecular weight is 294 g/mol. The standard InChI is InChI=1S/C20H26N2/c21-15-19-8-4-5-9-20(19)16-22-12-10-18(11-13-22)14-17-6-2-1-3-7-17/h1-9,18H,10-16,21H2. The Kier molecular flexibility index (Phi) is 5.25. The van der Waals surface area contributed by atoms with Crippen LogP contribution in [-0.4, -0.2) is 18.0 Å². The molecule has 0 bridgehead atoms. The molecule has 1 aliphatic rings. The number of hydrogen-bond acceptors (Lipinski definition) is 2. The second-order valence-corrected chi connectivity index (χ2v) is 6.38. The Morgan fingerprint density at radius 2 is 1.50 bits per heavy atom. The van der Waals surface area contributed by atoms with E-state index in [2.05, 4.69) is 59.5 Å². The predicted octanol–water partition coefficient (Wildman–Crippen LogP) is 3.60. The highest BCUT2D eigenvalue weighted by molar-refractivity contribution is 5.26. The van der Waals surface area contributed by atoms with Crippen LogP contribution in [0, 0.1) is 5.92 Å². The molecule has 0 aliphatic carbocycles. The topological polar surface area (TPSA) is 29.3 Å². The van der Waals surface area contributed by atoms with Gasteiger partial charge in [0.1, 0.15) is 0 Å². The van der Waals surface area contributed by atoms with Crippen molar-refractivity contribution in [2.75, 3.05) is 13.1 Å². The Morgan fingerprint density at radius 1 is 0.864 bits per heavy atom. The largest absolute Gasteiger partial charge is 0.326 e. The lowest BCUT2D eigenvalue weighted by molar-refractivity contribution is 0.176. The molecule has 2 heteroatoms. The van der Waals surface area contributed by atoms with Crippen LogP contribution in [-0.2, 0) is 19.5 Å². The molecule has 2 N–H and O–H groups in total. The monoisotopic (exact) mass is 294 g/mol. The van der Waals surface area contributed by atoms with E-state index >= 15 is 0 Å². The van der Waals surface area contributed by atoms with Crippen LogP contribution in [0.3, 0.4) is 0 Å². The Bertz CT molecular complexity index is 571. The zero-order valence-electron chi connectivity index (χ0n) is 13.2. The molecule has 0 spiro atoms. The summed E-state index contributed by atoms with van der Waals surface area (Å²) in [6.45, 7) is 4.10. The van der Waals surface area contributed by atoms with E-state index in [1.54, 1.807) is 0 Å². The van der Waals surface area contributed by atoms with Gasteiger partial charge in [-0.05, 0) is 55.0 Å². The van der Waals surface area contributed by atoms with Crippen molar-refractivity contribution in [1.82, 2.24) is 4.90 Å². The zero-order chi connectivity index (χ0) is 15.2. The zero-order valence-corrected chi connectivity index (χ0v) is 13.2. The molecule has 0 saturated carbocycles. The molecular formula is C20H26N2. The summed E-state index contributed by atoms with van der Waals surface area (Å²) in [7, 11) is 0. The molecule has 0 radical (unpaired) electrons. The highest BCUT2D eigenvalue weighted by atomic mass is 15.1. The molecule has 1 aliphatic heterocycles. The van der Waals surface area contributed by atoms with Crippen LogP contribution < -0.4 is 5.73 Å². The fourth-order valence-corrected chi connectivity index (χ4v) is 3.45. The normalized spacial score (nSPS) is 16.8. The second-order valence-electron chi connectivity index (χ2n) is 6.38. The summed E-state index contributed by atoms with van der Waals surface area (Å²) in [6.07, 6.45) is 3.84. The third kappa shape index (κ3) is 3.96. The number of rotatable bonds is 5. The summed E-state index contributed by atoms with van der Waals surface area (Å²) >= 11 is 0. The van der Waals surface area contributed by atoms with Crippen molar-refractivity contribution in [3.8, 4) is 0 Å². The van der Waals surface area contributed by atoms with Crippen molar-refractivity contribution in [3.05, 3.63) is 71.3 Å². The fourth-order valence-electron chi connectivity index (χ4n) is 3.45. The van der Waals surface area contributed by atoms with Crippen molar-refractivity contribution in [1.29, 1.82) is 0 Å². The van der Waals surface area contributed by atoms with Crippen LogP contribution in [0.4, 0.5) is 0 Å². The quantitative estimate of drug-likeness (QED) is 0.913. The van der Waals surface area contributed by atoms with Crippen LogP contribution >= 0.6 is 0 Å². The molecule has 2 aromatic carbocycles. The summed E-state index contributed by atoms with van der Waals surface area (Å²) in [5.74, 6) is 0.836. The van der Waals surface area contributed by atoms with Gasteiger partial charge >= 0.3 is 0 Å². The first-order chi connectivity index (χ1) is 10.8. The van der Waals surface area contributed by atoms with Crippen LogP contribution in [0.1, 0.15) is 29.5 Å². The maximum absolute atomic E-state index is 5.85. The number of hydrogen-bond donors (Lipinski definition) is 1. The highest BCUT2D eigenvalue weighted by Crippen LogP contribution is 2.23. The first-order valence-electron chi connectivity index (χ1n) is 8.38. The van der Waals surface area contributed by atoms with Crippen LogP contribution in [0.5, 0.6) is 0 Å². The number of nitrogens with zero attached hydrogens (tertiary/aromatic N) is 1. The van der Waals surface area contributed by atoms with Gasteiger partial charge < -0.3 is 5.73 Å². The van der Waals surface area contributed by atoms with Gasteiger partial charge in [-0.3, -0.25) is 4.90 Å². The summed E-state index contributed by atoms with van der Waals surface area (Å²) < 4.78 is 0. The van der Waals surface area contributed by atoms with Crippen LogP contribution in [0.25, 0.3) is 0 Å². The molecule has 1 fully saturated rings. The summed E-state index contributed by atoms with van der Waals surface area (Å²) in [6, 6.07) is 19.5. The fraction of sp³-hybridized carbons (Fsp3) is 0.400. The van der Waals surface area contributed by atoms with E-state index in [0.717, 1.165) is 12.5 Å². The Hall–Kier alpha value is -1.64. The number of likely N-dealkylation sites (tertiary alicyclic amines) is 1. The van der Waals surface area contributed by atoms with Crippen LogP contribution in [0.15, 0.2) is 54.6 Å². The Morgan fingerprint density at radius 3 is 2.18 bits per heavy atom. The molecule has 1 saturated heterocycles. The third-order valence-electron chi connectivity index (χ3n) is 4.81. The molecular weight excluding hydrogens is 268 g/mol. The van der Waals surface area contributed by atoms with E-state index < -0.39 is 0 Å². The number of benzene rings is 2. The van der Waals surface area contributed by atoms with Gasteiger partial charge in [-0.15, -0.1) is 0 Å². The average Bonchev–Trinajstić information content (AvgIpc) is 2.58. The number of piperidine rings is 1. The summed E-state index contributed by atoms with van der Waals surface area (Å²) in [5.41, 5.74) is 10.0. The Balaban J connectivity index is 1.51. The van der Waals surface area contributed by atoms with Gasteiger partial charge in [0.05, 0.1) is 0 Å². The molecule has 0 unspecified atom stereocenters. The molecule has 3 rings (SSSR count). The van der Waals surface area contributed by atoms with E-state index in [1.165, 1.54) is 49.0 Å². The minimum atomic E-state index is 0.640. The first-order valence-corrected chi connectivity index (χ1v) is 8.38. The Labute approximate surface area is 134 Å². The van der Waals surface area contributed by atoms with Gasteiger partial charge in [-0.1, -0.05) is 54.6 Å². The minimum absolute atomic E-state index is 0.640. The van der Waals surface area contributed by atoms with E-state index in [4.69, 9.17) is 5.73 Å². The van der Waals surface area contributed by atoms with Crippen molar-refractivity contribution < 1.29 is 0 Å². The van der Waals surface area contributed by atoms with Gasteiger partial charge in [-0.25, -0.2) is 0 Å². The third-order valence-corrected chi connectivity index (χ3v) is 4.81. The molecule has 116 valence electrons. The van der Waals surface area contributed by atoms with Gasteiger partial charge in [0.25, 0.3) is 0 Å². The molecule has 0 amide bonds. The molecule has 2 nitrogen and oxygen atoms in total. The molecule has 1 heterocycles. The molecule has 22 heavy (non-hydrogen) atoms. The van der Waals surface area contributed by atoms with Crippen molar-refractivity contribution in [2.45, 2.75) is 32.4 Å². The molecule has 0 atom stereocenters. The van der Waals surface area contributed by atoms with Crippen molar-refractivity contribution in [3.63, 3.8) is 0 Å². The van der Waals surface area contributed by atoms with Crippen molar-refractivity contribution in [2.24, 2.45) is 11.7 Å². The lowest BCUT2D eigenvalue weighted by Gasteiger charge is -2.32. The maximum atomic E-state index is 5.85. The molecule has 0 aromatic heterocycles. The predicted molar refractivity (Wildman–Crippen MR) is 92.5 cm³/mol. The SMILES string of the molecule is NCc1ccccc1CN1CCC(Cc2ccccc2)CC1. The van der Waals surface area contributed by atoms with Gasteiger partial charge in [-0.2, -0.15) is 0 Å². The lowest BCUT2D eigenvalue weighted by atomic mass is 9.90. The van der Waals surface area contributed by atoms with Gasteiger partial charge in [0.15, 0.2) is 0 Å². The van der Waals surface area contributed by atoms with Gasteiger partial charge in [0.2, 0.25) is 0 Å². The van der Waals surface area contributed by atoms with E-state index in [-0.39, 0.29) is 0 Å². The van der Waals surface area contributed by atoms with E-state index in [1.807, 2.05) is 0 Å². The van der Waals surface area contributed by atoms with E-state index in [9.17, 15) is 0 Å². The first kappa shape index (κ1) is 15.3. The maximum Gasteiger partial charge on any atom is 0.0236 e. The van der Waals surface area contributed by atoms with Crippen LogP contribution in [0.2, 0.25) is 0 Å². The molecule has 2 aromatic rings. The van der Waals surface area contributed by atoms with Gasteiger partial charge in [0, 0.05) is 13.1 Å². The van der Waals surface area contributed by atoms with E-state index in [0.29, 0.717) is 6.54 Å². The lowest BCUT2D eigenvalue weighted by Crippen LogP contribution is -2.34. The smallest absolute Gasteiger partial charge is 0.0236 e. The number of nitrogens with two attached hydrogens (primary N) is 1. The summed E-state index contributed by atoms with van der Waals surface area (Å²) in [4.78, 5) is 2.58. The second kappa shape index (κ2) is 7.57. The van der Waals surface area contributed by atoms with Crippen molar-refractivity contribution >= 4 is 0 Å². The minimum Gasteiger partial charge on any atom is -0.326 e. The highest BCUT2D eigenvalue weighted by Gasteiger charge is 2.19.